The van der Waals surface area contributed by atoms with Crippen LogP contribution < -0.4 is 5.11 Å². The van der Waals surface area contributed by atoms with Crippen molar-refractivity contribution in [3.63, 3.8) is 0 Å². The molecule has 1 aliphatic heterocycles. The Morgan fingerprint density at radius 3 is 1.82 bits per heavy atom. The summed E-state index contributed by atoms with van der Waals surface area (Å²) in [5.41, 5.74) is -0.753. The molecule has 0 atom stereocenters. The van der Waals surface area contributed by atoms with Gasteiger partial charge in [0.15, 0.2) is 0 Å². The molecule has 0 aromatic rings. The van der Waals surface area contributed by atoms with Gasteiger partial charge >= 0.3 is 0 Å². The van der Waals surface area contributed by atoms with Crippen molar-refractivity contribution in [1.82, 2.24) is 0 Å². The van der Waals surface area contributed by atoms with E-state index in [2.05, 4.69) is 0 Å². The third kappa shape index (κ3) is 1.18. The number of carbonyl (C=O) groups excluding carboxylic acids is 1. The summed E-state index contributed by atoms with van der Waals surface area (Å²) in [5, 5.41) is 10.9. The maximum absolute atomic E-state index is 10.9. The van der Waals surface area contributed by atoms with Crippen molar-refractivity contribution in [2.45, 2.75) is 32.3 Å². The highest BCUT2D eigenvalue weighted by molar-refractivity contribution is 7.92. The average Bonchev–Trinajstić information content (AvgIpc) is 1.52. The van der Waals surface area contributed by atoms with Crippen LogP contribution in [0, 0.1) is 0 Å². The van der Waals surface area contributed by atoms with Crippen LogP contribution in [0.5, 0.6) is 0 Å². The van der Waals surface area contributed by atoms with E-state index in [1.54, 1.807) is 0 Å². The highest BCUT2D eigenvalue weighted by Crippen LogP contribution is 2.74. The van der Waals surface area contributed by atoms with E-state index in [4.69, 9.17) is 0 Å². The highest BCUT2D eigenvalue weighted by atomic mass is 31.2. The van der Waals surface area contributed by atoms with Crippen LogP contribution in [-0.2, 0) is 0 Å². The van der Waals surface area contributed by atoms with E-state index in [9.17, 15) is 9.90 Å². The zero-order valence-electron chi connectivity index (χ0n) is 7.39. The maximum atomic E-state index is 10.9. The van der Waals surface area contributed by atoms with Gasteiger partial charge in [-0.25, -0.2) is 0 Å². The van der Waals surface area contributed by atoms with E-state index < -0.39 is 13.0 Å². The second-order valence-electron chi connectivity index (χ2n) is 4.21. The minimum absolute atomic E-state index is 0.0376. The fraction of sp³-hybridized carbons (Fsp3) is 0.875. The van der Waals surface area contributed by atoms with Gasteiger partial charge in [0.25, 0.3) is 0 Å². The Bertz CT molecular complexity index is 177. The van der Waals surface area contributed by atoms with Crippen molar-refractivity contribution in [2.75, 3.05) is 12.3 Å². The average molecular weight is 174 g/mol. The monoisotopic (exact) mass is 174 g/mol. The first-order valence-corrected chi connectivity index (χ1v) is 6.15. The van der Waals surface area contributed by atoms with Crippen LogP contribution in [0.2, 0.25) is 0 Å². The molecular weight excluding hydrogens is 159 g/mol. The van der Waals surface area contributed by atoms with Crippen molar-refractivity contribution in [2.24, 2.45) is 0 Å². The minimum Gasteiger partial charge on any atom is -0.514 e. The molecular formula is C8H15O2P. The smallest absolute Gasteiger partial charge is 0.202 e. The lowest BCUT2D eigenvalue weighted by Gasteiger charge is -2.44. The fourth-order valence-electron chi connectivity index (χ4n) is 1.60. The van der Waals surface area contributed by atoms with E-state index in [1.807, 2.05) is 20.8 Å². The van der Waals surface area contributed by atoms with Crippen LogP contribution in [0.1, 0.15) is 27.2 Å². The van der Waals surface area contributed by atoms with E-state index in [-0.39, 0.29) is 5.16 Å². The summed E-state index contributed by atoms with van der Waals surface area (Å²) in [6.07, 6.45) is 2.89. The third-order valence-corrected chi connectivity index (χ3v) is 8.14. The molecule has 0 aromatic heterocycles. The number of hydrogen-bond acceptors (Lipinski definition) is 2. The minimum atomic E-state index is -1.72. The van der Waals surface area contributed by atoms with Crippen LogP contribution in [0.4, 0.5) is 4.79 Å². The van der Waals surface area contributed by atoms with Gasteiger partial charge in [-0.2, -0.15) is 0 Å². The van der Waals surface area contributed by atoms with Crippen LogP contribution in [0.3, 0.4) is 0 Å². The topological polar surface area (TPSA) is 40.1 Å². The standard InChI is InChI=1S/C8H15O2P/c1-8(2,3)11(7(9)10)5-4-6-11/h4-6H2,1-3H3. The SMILES string of the molecule is CC(C)(C)[P+]1(C(=O)[O-])CCC1. The lowest BCUT2D eigenvalue weighted by molar-refractivity contribution is -0.234. The summed E-state index contributed by atoms with van der Waals surface area (Å²) in [4.78, 5) is 10.9. The quantitative estimate of drug-likeness (QED) is 0.566. The molecule has 2 nitrogen and oxygen atoms in total. The molecule has 1 heterocycles. The molecule has 64 valence electrons. The van der Waals surface area contributed by atoms with Gasteiger partial charge in [0.05, 0.1) is 24.7 Å². The van der Waals surface area contributed by atoms with Gasteiger partial charge in [-0.1, -0.05) is 0 Å². The van der Waals surface area contributed by atoms with E-state index >= 15 is 0 Å². The molecule has 0 aliphatic carbocycles. The van der Waals surface area contributed by atoms with Gasteiger partial charge in [0.2, 0.25) is 5.71 Å². The Morgan fingerprint density at radius 1 is 1.36 bits per heavy atom. The van der Waals surface area contributed by atoms with Crippen molar-refractivity contribution in [1.29, 1.82) is 0 Å². The lowest BCUT2D eigenvalue weighted by Crippen LogP contribution is -2.42. The normalized spacial score (nSPS) is 22.5. The summed E-state index contributed by atoms with van der Waals surface area (Å²) in [6.45, 7) is 6.07. The highest BCUT2D eigenvalue weighted by Gasteiger charge is 2.56. The Labute approximate surface area is 68.3 Å². The van der Waals surface area contributed by atoms with Crippen LogP contribution in [-0.4, -0.2) is 23.2 Å². The molecule has 0 radical (unpaired) electrons. The Balaban J connectivity index is 2.85. The lowest BCUT2D eigenvalue weighted by atomic mass is 10.3. The zero-order valence-corrected chi connectivity index (χ0v) is 8.28. The second kappa shape index (κ2) is 2.45. The number of carbonyl (C=O) groups is 1. The predicted octanol–water partition coefficient (Wildman–Crippen LogP) is 1.55. The molecule has 0 spiro atoms. The second-order valence-corrected chi connectivity index (χ2v) is 8.74. The summed E-state index contributed by atoms with van der Waals surface area (Å²) < 4.78 is 0. The number of hydrogen-bond donors (Lipinski definition) is 0. The largest absolute Gasteiger partial charge is 0.514 e. The molecule has 1 rings (SSSR count). The molecule has 0 saturated carbocycles. The van der Waals surface area contributed by atoms with Gasteiger partial charge in [0.1, 0.15) is 0 Å². The summed E-state index contributed by atoms with van der Waals surface area (Å²) in [5.74, 6) is 0. The predicted molar refractivity (Wildman–Crippen MR) is 46.4 cm³/mol. The molecule has 11 heavy (non-hydrogen) atoms. The van der Waals surface area contributed by atoms with Gasteiger partial charge in [-0.3, -0.25) is 0 Å². The van der Waals surface area contributed by atoms with Crippen LogP contribution in [0.25, 0.3) is 0 Å². The van der Waals surface area contributed by atoms with Crippen molar-refractivity contribution in [3.05, 3.63) is 0 Å². The first kappa shape index (κ1) is 8.99. The van der Waals surface area contributed by atoms with Crippen LogP contribution >= 0.6 is 7.26 Å². The molecule has 0 N–H and O–H groups in total. The van der Waals surface area contributed by atoms with Gasteiger partial charge < -0.3 is 9.90 Å². The summed E-state index contributed by atoms with van der Waals surface area (Å²) >= 11 is 0. The van der Waals surface area contributed by atoms with Gasteiger partial charge in [0, 0.05) is 6.42 Å². The van der Waals surface area contributed by atoms with E-state index in [1.165, 1.54) is 0 Å². The fourth-order valence-corrected chi connectivity index (χ4v) is 4.80. The van der Waals surface area contributed by atoms with Gasteiger partial charge in [-0.15, -0.1) is 0 Å². The zero-order chi connectivity index (χ0) is 8.70. The summed E-state index contributed by atoms with van der Waals surface area (Å²) in [6, 6.07) is 0. The molecule has 0 unspecified atom stereocenters. The Hall–Kier alpha value is -0.100. The van der Waals surface area contributed by atoms with Crippen LogP contribution in [0.15, 0.2) is 0 Å². The van der Waals surface area contributed by atoms with Gasteiger partial charge in [-0.05, 0) is 20.8 Å². The molecule has 0 amide bonds. The molecule has 1 saturated heterocycles. The molecule has 0 bridgehead atoms. The number of rotatable bonds is 1. The molecule has 1 fully saturated rings. The maximum Gasteiger partial charge on any atom is 0.202 e. The molecule has 3 heteroatoms. The van der Waals surface area contributed by atoms with Crippen molar-refractivity contribution in [3.8, 4) is 0 Å². The molecule has 0 aromatic carbocycles. The Kier molecular flexibility index (Phi) is 2.00. The first-order chi connectivity index (χ1) is 4.90. The van der Waals surface area contributed by atoms with E-state index in [0.717, 1.165) is 18.7 Å². The molecule has 1 aliphatic rings. The first-order valence-electron chi connectivity index (χ1n) is 3.99. The number of carboxylic acid groups (broad SMARTS) is 1. The Morgan fingerprint density at radius 2 is 1.82 bits per heavy atom. The summed E-state index contributed by atoms with van der Waals surface area (Å²) in [7, 11) is -1.72. The van der Waals surface area contributed by atoms with Crippen molar-refractivity contribution >= 4 is 13.0 Å². The third-order valence-electron chi connectivity index (χ3n) is 2.71. The van der Waals surface area contributed by atoms with Crippen molar-refractivity contribution < 1.29 is 9.90 Å². The van der Waals surface area contributed by atoms with E-state index in [0.29, 0.717) is 0 Å².